The maximum atomic E-state index is 12.6. The zero-order chi connectivity index (χ0) is 21.6. The molecule has 1 aromatic carbocycles. The van der Waals surface area contributed by atoms with Crippen molar-refractivity contribution in [3.63, 3.8) is 0 Å². The van der Waals surface area contributed by atoms with Crippen LogP contribution in [0.3, 0.4) is 0 Å². The van der Waals surface area contributed by atoms with Crippen molar-refractivity contribution in [1.29, 1.82) is 0 Å². The lowest BCUT2D eigenvalue weighted by molar-refractivity contribution is 0.0158. The van der Waals surface area contributed by atoms with Gasteiger partial charge >= 0.3 is 5.97 Å². The summed E-state index contributed by atoms with van der Waals surface area (Å²) in [4.78, 5) is 14.7. The summed E-state index contributed by atoms with van der Waals surface area (Å²) in [6.07, 6.45) is -0.532. The number of esters is 1. The van der Waals surface area contributed by atoms with Crippen molar-refractivity contribution in [2.45, 2.75) is 32.4 Å². The number of benzene rings is 1. The molecule has 1 atom stereocenters. The van der Waals surface area contributed by atoms with E-state index in [9.17, 15) is 4.79 Å². The van der Waals surface area contributed by atoms with Crippen LogP contribution in [0, 0.1) is 0 Å². The lowest BCUT2D eigenvalue weighted by Gasteiger charge is -2.27. The van der Waals surface area contributed by atoms with E-state index in [2.05, 4.69) is 19.0 Å². The summed E-state index contributed by atoms with van der Waals surface area (Å²) in [5, 5.41) is 3.35. The van der Waals surface area contributed by atoms with Crippen LogP contribution in [0.2, 0.25) is 0 Å². The van der Waals surface area contributed by atoms with Crippen molar-refractivity contribution in [2.75, 3.05) is 50.1 Å². The van der Waals surface area contributed by atoms with Crippen LogP contribution in [0.5, 0.6) is 5.88 Å². The Kier molecular flexibility index (Phi) is 7.46. The number of nitrogens with zero attached hydrogens (tertiary/aromatic N) is 3. The van der Waals surface area contributed by atoms with E-state index in [1.165, 1.54) is 0 Å². The van der Waals surface area contributed by atoms with E-state index in [0.717, 1.165) is 24.8 Å². The molecule has 2 heterocycles. The van der Waals surface area contributed by atoms with Crippen molar-refractivity contribution in [3.8, 4) is 5.88 Å². The molecule has 1 aromatic heterocycles. The number of para-hydroxylation sites is 1. The average Bonchev–Trinajstić information content (AvgIpc) is 3.19. The van der Waals surface area contributed by atoms with Crippen LogP contribution in [0.4, 0.5) is 11.5 Å². The number of morpholine rings is 1. The lowest BCUT2D eigenvalue weighted by Crippen LogP contribution is -2.44. The number of nitrogen functional groups attached to an aromatic ring is 1. The minimum absolute atomic E-state index is 0.141. The quantitative estimate of drug-likeness (QED) is 0.474. The van der Waals surface area contributed by atoms with Crippen LogP contribution in [0.25, 0.3) is 0 Å². The number of nitrogens with two attached hydrogens (primary N) is 1. The molecular weight excluding hydrogens is 406 g/mol. The highest BCUT2D eigenvalue weighted by Gasteiger charge is 2.24. The second-order valence-corrected chi connectivity index (χ2v) is 8.58. The van der Waals surface area contributed by atoms with E-state index in [1.54, 1.807) is 24.3 Å². The number of carbonyl (C=O) groups excluding carboxylic acids is 1. The molecule has 9 nitrogen and oxygen atoms in total. The first-order valence-electron chi connectivity index (χ1n) is 9.92. The molecule has 10 heteroatoms. The van der Waals surface area contributed by atoms with Gasteiger partial charge in [-0.25, -0.2) is 4.79 Å². The molecule has 3 rings (SSSR count). The van der Waals surface area contributed by atoms with Crippen molar-refractivity contribution in [1.82, 2.24) is 14.1 Å². The van der Waals surface area contributed by atoms with E-state index >= 15 is 0 Å². The largest absolute Gasteiger partial charge is 0.470 e. The highest BCUT2D eigenvalue weighted by Crippen LogP contribution is 2.26. The van der Waals surface area contributed by atoms with Gasteiger partial charge in [0.05, 0.1) is 30.5 Å². The van der Waals surface area contributed by atoms with Crippen molar-refractivity contribution >= 4 is 29.2 Å². The maximum Gasteiger partial charge on any atom is 0.340 e. The molecule has 3 N–H and O–H groups in total. The van der Waals surface area contributed by atoms with Gasteiger partial charge in [-0.2, -0.15) is 4.37 Å². The molecule has 0 saturated carbocycles. The van der Waals surface area contributed by atoms with Gasteiger partial charge in [0.25, 0.3) is 5.88 Å². The van der Waals surface area contributed by atoms with E-state index in [-0.39, 0.29) is 12.1 Å². The van der Waals surface area contributed by atoms with Crippen LogP contribution in [-0.4, -0.2) is 65.8 Å². The highest BCUT2D eigenvalue weighted by atomic mass is 32.1. The second kappa shape index (κ2) is 10.1. The van der Waals surface area contributed by atoms with Gasteiger partial charge in [-0.05, 0) is 32.9 Å². The molecule has 0 bridgehead atoms. The number of aromatic nitrogens is 2. The molecule has 0 radical (unpaired) electrons. The first kappa shape index (κ1) is 22.3. The third kappa shape index (κ3) is 6.28. The Balaban J connectivity index is 1.66. The number of hydrogen-bond acceptors (Lipinski definition) is 10. The summed E-state index contributed by atoms with van der Waals surface area (Å²) in [6.45, 7) is 9.46. The number of nitrogens with one attached hydrogen (secondary N) is 1. The van der Waals surface area contributed by atoms with Crippen molar-refractivity contribution in [3.05, 3.63) is 29.8 Å². The van der Waals surface area contributed by atoms with Gasteiger partial charge in [-0.1, -0.05) is 12.1 Å². The fourth-order valence-corrected chi connectivity index (χ4v) is 3.38. The predicted molar refractivity (Wildman–Crippen MR) is 116 cm³/mol. The molecule has 30 heavy (non-hydrogen) atoms. The fourth-order valence-electron chi connectivity index (χ4n) is 2.86. The molecule has 0 unspecified atom stereocenters. The standard InChI is InChI=1S/C20H29N5O4S/c1-20(2,3)22-12-14(29-19(26)15-6-4-5-7-16(15)21)13-28-18-17(23-30-24-18)25-8-10-27-11-9-25/h4-7,14,22H,8-13,21H2,1-3H3/t14-/m0/s1. The van der Waals surface area contributed by atoms with E-state index < -0.39 is 12.1 Å². The van der Waals surface area contributed by atoms with Gasteiger partial charge in [0.15, 0.2) is 0 Å². The predicted octanol–water partition coefficient (Wildman–Crippen LogP) is 1.95. The SMILES string of the molecule is CC(C)(C)NC[C@@H](COc1nsnc1N1CCOCC1)OC(=O)c1ccccc1N. The minimum atomic E-state index is -0.532. The average molecular weight is 436 g/mol. The molecule has 0 amide bonds. The molecule has 0 spiro atoms. The Morgan fingerprint density at radius 2 is 2.03 bits per heavy atom. The van der Waals surface area contributed by atoms with Crippen molar-refractivity contribution in [2.24, 2.45) is 0 Å². The summed E-state index contributed by atoms with van der Waals surface area (Å²) in [6, 6.07) is 6.84. The summed E-state index contributed by atoms with van der Waals surface area (Å²) >= 11 is 1.09. The number of carbonyl (C=O) groups is 1. The minimum Gasteiger partial charge on any atom is -0.470 e. The number of hydrogen-bond donors (Lipinski definition) is 2. The van der Waals surface area contributed by atoms with Gasteiger partial charge in [-0.3, -0.25) is 0 Å². The van der Waals surface area contributed by atoms with Gasteiger partial charge in [0, 0.05) is 30.9 Å². The second-order valence-electron chi connectivity index (χ2n) is 8.05. The number of rotatable bonds is 8. The lowest BCUT2D eigenvalue weighted by atomic mass is 10.1. The summed E-state index contributed by atoms with van der Waals surface area (Å²) in [7, 11) is 0. The maximum absolute atomic E-state index is 12.6. The molecule has 1 aliphatic rings. The number of ether oxygens (including phenoxy) is 3. The summed E-state index contributed by atoms with van der Waals surface area (Å²) in [5.41, 5.74) is 6.49. The first-order valence-corrected chi connectivity index (χ1v) is 10.6. The Hall–Kier alpha value is -2.43. The normalized spacial score (nSPS) is 15.6. The molecular formula is C20H29N5O4S. The van der Waals surface area contributed by atoms with E-state index in [1.807, 2.05) is 20.8 Å². The smallest absolute Gasteiger partial charge is 0.340 e. The van der Waals surface area contributed by atoms with Gasteiger partial charge in [0.2, 0.25) is 5.82 Å². The topological polar surface area (TPSA) is 112 Å². The zero-order valence-electron chi connectivity index (χ0n) is 17.6. The summed E-state index contributed by atoms with van der Waals surface area (Å²) < 4.78 is 25.7. The fraction of sp³-hybridized carbons (Fsp3) is 0.550. The van der Waals surface area contributed by atoms with Crippen molar-refractivity contribution < 1.29 is 19.0 Å². The van der Waals surface area contributed by atoms with Crippen LogP contribution in [-0.2, 0) is 9.47 Å². The molecule has 1 aliphatic heterocycles. The molecule has 1 saturated heterocycles. The van der Waals surface area contributed by atoms with E-state index in [0.29, 0.717) is 42.7 Å². The first-order chi connectivity index (χ1) is 14.3. The Morgan fingerprint density at radius 3 is 2.73 bits per heavy atom. The zero-order valence-corrected chi connectivity index (χ0v) is 18.4. The van der Waals surface area contributed by atoms with Gasteiger partial charge in [0.1, 0.15) is 12.7 Å². The molecule has 1 fully saturated rings. The van der Waals surface area contributed by atoms with Crippen LogP contribution in [0.1, 0.15) is 31.1 Å². The Bertz CT molecular complexity index is 833. The summed E-state index contributed by atoms with van der Waals surface area (Å²) in [5.74, 6) is 0.657. The van der Waals surface area contributed by atoms with E-state index in [4.69, 9.17) is 19.9 Å². The van der Waals surface area contributed by atoms with Gasteiger partial charge < -0.3 is 30.2 Å². The molecule has 164 valence electrons. The Morgan fingerprint density at radius 1 is 1.30 bits per heavy atom. The van der Waals surface area contributed by atoms with Crippen LogP contribution in [0.15, 0.2) is 24.3 Å². The number of anilines is 2. The molecule has 2 aromatic rings. The third-order valence-corrected chi connectivity index (χ3v) is 4.98. The van der Waals surface area contributed by atoms with Gasteiger partial charge in [-0.15, -0.1) is 4.37 Å². The monoisotopic (exact) mass is 435 g/mol. The Labute approximate surface area is 180 Å². The third-order valence-electron chi connectivity index (χ3n) is 4.47. The molecule has 0 aliphatic carbocycles. The van der Waals surface area contributed by atoms with Crippen LogP contribution >= 0.6 is 11.7 Å². The van der Waals surface area contributed by atoms with Crippen LogP contribution < -0.4 is 20.7 Å². The highest BCUT2D eigenvalue weighted by molar-refractivity contribution is 6.99.